The third-order valence-electron chi connectivity index (χ3n) is 3.28. The second-order valence-electron chi connectivity index (χ2n) is 4.68. The first kappa shape index (κ1) is 13.9. The Morgan fingerprint density at radius 3 is 2.74 bits per heavy atom. The van der Waals surface area contributed by atoms with Crippen molar-refractivity contribution in [2.75, 3.05) is 4.90 Å². The maximum Gasteiger partial charge on any atom is 0.405 e. The van der Waals surface area contributed by atoms with Crippen molar-refractivity contribution >= 4 is 33.6 Å². The maximum atomic E-state index is 11.8. The molecule has 102 valence electrons. The van der Waals surface area contributed by atoms with Crippen LogP contribution >= 0.6 is 15.9 Å². The molecule has 2 atom stereocenters. The molecule has 19 heavy (non-hydrogen) atoms. The van der Waals surface area contributed by atoms with Gasteiger partial charge < -0.3 is 15.3 Å². The van der Waals surface area contributed by atoms with Gasteiger partial charge in [-0.05, 0) is 37.1 Å². The number of amides is 2. The summed E-state index contributed by atoms with van der Waals surface area (Å²) in [7, 11) is 0. The van der Waals surface area contributed by atoms with Gasteiger partial charge in [0.25, 0.3) is 0 Å². The van der Waals surface area contributed by atoms with E-state index in [-0.39, 0.29) is 18.0 Å². The van der Waals surface area contributed by atoms with Gasteiger partial charge in [0.05, 0.1) is 6.04 Å². The van der Waals surface area contributed by atoms with Gasteiger partial charge in [-0.15, -0.1) is 0 Å². The zero-order chi connectivity index (χ0) is 14.2. The molecule has 2 N–H and O–H groups in total. The molecule has 5 nitrogen and oxygen atoms in total. The number of rotatable bonds is 1. The molecule has 0 fully saturated rings. The van der Waals surface area contributed by atoms with E-state index in [1.165, 1.54) is 6.92 Å². The number of carbonyl (C=O) groups excluding carboxylic acids is 1. The van der Waals surface area contributed by atoms with Crippen molar-refractivity contribution in [2.24, 2.45) is 0 Å². The van der Waals surface area contributed by atoms with E-state index in [1.54, 1.807) is 4.90 Å². The Kier molecular flexibility index (Phi) is 3.80. The molecule has 1 aromatic carbocycles. The molecule has 0 aromatic heterocycles. The van der Waals surface area contributed by atoms with E-state index in [1.807, 2.05) is 25.1 Å². The number of nitrogens with zero attached hydrogens (tertiary/aromatic N) is 1. The highest BCUT2D eigenvalue weighted by Crippen LogP contribution is 2.38. The van der Waals surface area contributed by atoms with Crippen LogP contribution in [0.3, 0.4) is 0 Å². The van der Waals surface area contributed by atoms with Crippen LogP contribution in [0.4, 0.5) is 10.5 Å². The van der Waals surface area contributed by atoms with E-state index in [2.05, 4.69) is 21.2 Å². The minimum Gasteiger partial charge on any atom is -0.465 e. The molecule has 6 heteroatoms. The van der Waals surface area contributed by atoms with Gasteiger partial charge >= 0.3 is 6.09 Å². The van der Waals surface area contributed by atoms with Crippen LogP contribution in [0, 0.1) is 0 Å². The Balaban J connectivity index is 2.49. The summed E-state index contributed by atoms with van der Waals surface area (Å²) in [5.41, 5.74) is 1.60. The van der Waals surface area contributed by atoms with Crippen LogP contribution in [0.2, 0.25) is 0 Å². The lowest BCUT2D eigenvalue weighted by Crippen LogP contribution is -2.45. The van der Waals surface area contributed by atoms with Crippen molar-refractivity contribution in [3.63, 3.8) is 0 Å². The van der Waals surface area contributed by atoms with Crippen molar-refractivity contribution in [2.45, 2.75) is 32.4 Å². The van der Waals surface area contributed by atoms with Crippen molar-refractivity contribution < 1.29 is 14.7 Å². The quantitative estimate of drug-likeness (QED) is 0.833. The predicted molar refractivity (Wildman–Crippen MR) is 75.3 cm³/mol. The van der Waals surface area contributed by atoms with E-state index in [0.717, 1.165) is 15.7 Å². The van der Waals surface area contributed by atoms with Crippen LogP contribution in [0.1, 0.15) is 31.9 Å². The summed E-state index contributed by atoms with van der Waals surface area (Å²) in [4.78, 5) is 24.4. The van der Waals surface area contributed by atoms with Crippen LogP contribution in [0.15, 0.2) is 22.7 Å². The molecule has 0 aliphatic carbocycles. The number of nitrogens with one attached hydrogen (secondary N) is 1. The van der Waals surface area contributed by atoms with Gasteiger partial charge in [-0.25, -0.2) is 4.79 Å². The minimum atomic E-state index is -1.06. The summed E-state index contributed by atoms with van der Waals surface area (Å²) < 4.78 is 0.862. The molecular formula is C13H15BrN2O3. The Bertz CT molecular complexity index is 533. The highest BCUT2D eigenvalue weighted by atomic mass is 79.9. The SMILES string of the molecule is CC(=O)N1c2ccc(Br)cc2[C@@H](NC(=O)O)C[C@H]1C. The average molecular weight is 327 g/mol. The second kappa shape index (κ2) is 5.21. The maximum absolute atomic E-state index is 11.8. The van der Waals surface area contributed by atoms with Gasteiger partial charge in [-0.2, -0.15) is 0 Å². The highest BCUT2D eigenvalue weighted by Gasteiger charge is 2.33. The van der Waals surface area contributed by atoms with E-state index in [4.69, 9.17) is 5.11 Å². The van der Waals surface area contributed by atoms with Crippen LogP contribution in [-0.4, -0.2) is 23.1 Å². The Morgan fingerprint density at radius 1 is 1.47 bits per heavy atom. The zero-order valence-corrected chi connectivity index (χ0v) is 12.3. The first-order valence-corrected chi connectivity index (χ1v) is 6.78. The van der Waals surface area contributed by atoms with Crippen molar-refractivity contribution in [3.05, 3.63) is 28.2 Å². The lowest BCUT2D eigenvalue weighted by atomic mass is 9.91. The molecule has 2 amide bonds. The number of halogens is 1. The highest BCUT2D eigenvalue weighted by molar-refractivity contribution is 9.10. The Labute approximate surface area is 119 Å². The van der Waals surface area contributed by atoms with Crippen molar-refractivity contribution in [1.29, 1.82) is 0 Å². The summed E-state index contributed by atoms with van der Waals surface area (Å²) in [6, 6.07) is 5.22. The largest absolute Gasteiger partial charge is 0.465 e. The first-order valence-electron chi connectivity index (χ1n) is 5.99. The van der Waals surface area contributed by atoms with E-state index < -0.39 is 6.09 Å². The molecule has 0 saturated heterocycles. The number of carbonyl (C=O) groups is 2. The standard InChI is InChI=1S/C13H15BrN2O3/c1-7-5-11(15-13(18)19)10-6-9(14)3-4-12(10)16(7)8(2)17/h3-4,6-7,11,15H,5H2,1-2H3,(H,18,19)/t7-,11+/m1/s1. The zero-order valence-electron chi connectivity index (χ0n) is 10.7. The van der Waals surface area contributed by atoms with E-state index >= 15 is 0 Å². The first-order chi connectivity index (χ1) is 8.90. The fourth-order valence-corrected chi connectivity index (χ4v) is 2.98. The molecule has 2 rings (SSSR count). The normalized spacial score (nSPS) is 21.7. The average Bonchev–Trinajstić information content (AvgIpc) is 2.28. The number of benzene rings is 1. The Morgan fingerprint density at radius 2 is 2.16 bits per heavy atom. The number of hydrogen-bond acceptors (Lipinski definition) is 2. The Hall–Kier alpha value is -1.56. The smallest absolute Gasteiger partial charge is 0.405 e. The molecule has 0 bridgehead atoms. The number of carboxylic acid groups (broad SMARTS) is 1. The van der Waals surface area contributed by atoms with Crippen LogP contribution in [0.5, 0.6) is 0 Å². The molecule has 0 saturated carbocycles. The van der Waals surface area contributed by atoms with Gasteiger partial charge in [-0.3, -0.25) is 4.79 Å². The minimum absolute atomic E-state index is 0.0372. The summed E-state index contributed by atoms with van der Waals surface area (Å²) in [5.74, 6) is -0.0372. The van der Waals surface area contributed by atoms with Gasteiger partial charge in [0.2, 0.25) is 5.91 Å². The number of anilines is 1. The van der Waals surface area contributed by atoms with Crippen LogP contribution < -0.4 is 10.2 Å². The topological polar surface area (TPSA) is 69.6 Å². The van der Waals surface area contributed by atoms with Gasteiger partial charge in [0, 0.05) is 23.1 Å². The summed E-state index contributed by atoms with van der Waals surface area (Å²) in [6.45, 7) is 3.44. The molecule has 0 spiro atoms. The van der Waals surface area contributed by atoms with Crippen LogP contribution in [-0.2, 0) is 4.79 Å². The lowest BCUT2D eigenvalue weighted by molar-refractivity contribution is -0.117. The molecule has 1 aromatic rings. The van der Waals surface area contributed by atoms with Crippen molar-refractivity contribution in [3.8, 4) is 0 Å². The lowest BCUT2D eigenvalue weighted by Gasteiger charge is -2.38. The third-order valence-corrected chi connectivity index (χ3v) is 3.77. The van der Waals surface area contributed by atoms with E-state index in [0.29, 0.717) is 6.42 Å². The molecule has 1 aliphatic rings. The molecule has 0 unspecified atom stereocenters. The monoisotopic (exact) mass is 326 g/mol. The fourth-order valence-electron chi connectivity index (χ4n) is 2.60. The van der Waals surface area contributed by atoms with Gasteiger partial charge in [0.1, 0.15) is 0 Å². The fraction of sp³-hybridized carbons (Fsp3) is 0.385. The van der Waals surface area contributed by atoms with Crippen molar-refractivity contribution in [1.82, 2.24) is 5.32 Å². The number of hydrogen-bond donors (Lipinski definition) is 2. The third kappa shape index (κ3) is 2.73. The molecular weight excluding hydrogens is 312 g/mol. The molecule has 0 radical (unpaired) electrons. The van der Waals surface area contributed by atoms with Crippen LogP contribution in [0.25, 0.3) is 0 Å². The summed E-state index contributed by atoms with van der Waals surface area (Å²) >= 11 is 3.38. The summed E-state index contributed by atoms with van der Waals surface area (Å²) in [5, 5.41) is 11.4. The molecule has 1 aliphatic heterocycles. The predicted octanol–water partition coefficient (Wildman–Crippen LogP) is 2.90. The number of fused-ring (bicyclic) bond motifs is 1. The van der Waals surface area contributed by atoms with Gasteiger partial charge in [-0.1, -0.05) is 15.9 Å². The molecule has 1 heterocycles. The van der Waals surface area contributed by atoms with Gasteiger partial charge in [0.15, 0.2) is 0 Å². The summed E-state index contributed by atoms with van der Waals surface area (Å²) in [6.07, 6.45) is -0.491. The van der Waals surface area contributed by atoms with E-state index in [9.17, 15) is 9.59 Å². The second-order valence-corrected chi connectivity index (χ2v) is 5.59.